The van der Waals surface area contributed by atoms with Crippen molar-refractivity contribution in [3.8, 4) is 0 Å². The van der Waals surface area contributed by atoms with Crippen molar-refractivity contribution in [3.63, 3.8) is 0 Å². The van der Waals surface area contributed by atoms with Gasteiger partial charge in [-0.25, -0.2) is 0 Å². The monoisotopic (exact) mass is 376 g/mol. The van der Waals surface area contributed by atoms with Crippen molar-refractivity contribution >= 4 is 17.3 Å². The van der Waals surface area contributed by atoms with Crippen molar-refractivity contribution in [1.29, 1.82) is 0 Å². The van der Waals surface area contributed by atoms with Gasteiger partial charge in [-0.3, -0.25) is 4.79 Å². The molecule has 2 N–H and O–H groups in total. The topological polar surface area (TPSA) is 52.6 Å². The van der Waals surface area contributed by atoms with Crippen LogP contribution in [0, 0.1) is 0 Å². The second-order valence-corrected chi connectivity index (χ2v) is 7.04. The van der Waals surface area contributed by atoms with Gasteiger partial charge in [-0.2, -0.15) is 13.2 Å². The molecule has 4 rings (SSSR count). The number of nitrogens with zero attached hydrogens (tertiary/aromatic N) is 1. The van der Waals surface area contributed by atoms with Gasteiger partial charge in [-0.1, -0.05) is 6.07 Å². The molecule has 4 nitrogen and oxygen atoms in total. The maximum Gasteiger partial charge on any atom is 0.416 e. The Bertz CT molecular complexity index is 891. The van der Waals surface area contributed by atoms with Gasteiger partial charge in [-0.05, 0) is 60.7 Å². The van der Waals surface area contributed by atoms with Crippen molar-refractivity contribution in [3.05, 3.63) is 58.7 Å². The predicted octanol–water partition coefficient (Wildman–Crippen LogP) is 4.32. The van der Waals surface area contributed by atoms with Crippen LogP contribution in [0.1, 0.15) is 46.3 Å². The lowest BCUT2D eigenvalue weighted by molar-refractivity contribution is -0.138. The van der Waals surface area contributed by atoms with Crippen molar-refractivity contribution in [2.24, 2.45) is 0 Å². The van der Waals surface area contributed by atoms with E-state index in [4.69, 9.17) is 0 Å². The van der Waals surface area contributed by atoms with E-state index in [-0.39, 0.29) is 23.2 Å². The number of alkyl halides is 3. The number of aliphatic hydroxyl groups is 1. The molecule has 1 fully saturated rings. The van der Waals surface area contributed by atoms with Crippen molar-refractivity contribution in [1.82, 2.24) is 0 Å². The quantitative estimate of drug-likeness (QED) is 0.836. The Kier molecular flexibility index (Phi) is 4.34. The van der Waals surface area contributed by atoms with Gasteiger partial charge in [-0.15, -0.1) is 0 Å². The molecule has 0 aromatic heterocycles. The molecule has 27 heavy (non-hydrogen) atoms. The summed E-state index contributed by atoms with van der Waals surface area (Å²) in [4.78, 5) is 14.2. The molecule has 1 amide bonds. The Hall–Kier alpha value is -2.54. The number of aliphatic hydroxyl groups excluding tert-OH is 1. The maximum atomic E-state index is 13.4. The zero-order chi connectivity index (χ0) is 19.2. The number of hydrogen-bond donors (Lipinski definition) is 2. The molecule has 1 heterocycles. The fraction of sp³-hybridized carbons (Fsp3) is 0.350. The number of fused-ring (bicyclic) bond motifs is 1. The minimum Gasteiger partial charge on any atom is -0.392 e. The largest absolute Gasteiger partial charge is 0.416 e. The predicted molar refractivity (Wildman–Crippen MR) is 95.6 cm³/mol. The number of hydrogen-bond acceptors (Lipinski definition) is 3. The number of amides is 1. The first-order chi connectivity index (χ1) is 12.9. The van der Waals surface area contributed by atoms with E-state index in [1.165, 1.54) is 17.4 Å². The van der Waals surface area contributed by atoms with Crippen molar-refractivity contribution < 1.29 is 23.1 Å². The third-order valence-electron chi connectivity index (χ3n) is 5.22. The highest BCUT2D eigenvalue weighted by atomic mass is 19.4. The molecular formula is C20H19F3N2O2. The average Bonchev–Trinajstić information content (AvgIpc) is 2.93. The van der Waals surface area contributed by atoms with Gasteiger partial charge in [0.1, 0.15) is 0 Å². The molecule has 0 bridgehead atoms. The smallest absolute Gasteiger partial charge is 0.392 e. The summed E-state index contributed by atoms with van der Waals surface area (Å²) in [6.45, 7) is -0.688. The van der Waals surface area contributed by atoms with E-state index in [0.29, 0.717) is 11.7 Å². The van der Waals surface area contributed by atoms with E-state index < -0.39 is 24.3 Å². The van der Waals surface area contributed by atoms with Gasteiger partial charge in [0, 0.05) is 23.0 Å². The Morgan fingerprint density at radius 2 is 1.96 bits per heavy atom. The number of halogens is 3. The van der Waals surface area contributed by atoms with Crippen LogP contribution in [0.2, 0.25) is 0 Å². The van der Waals surface area contributed by atoms with Crippen LogP contribution >= 0.6 is 0 Å². The summed E-state index contributed by atoms with van der Waals surface area (Å²) in [5.41, 5.74) is 0.598. The number of nitrogens with one attached hydrogen (secondary N) is 1. The lowest BCUT2D eigenvalue weighted by atomic mass is 9.93. The molecule has 1 aliphatic carbocycles. The standard InChI is InChI=1S/C20H19F3N2O2/c21-20(22,23)18-8-12(11-26)7-16-17(18)10-25(19(16)27)15-6-2-5-14(9-15)24-13-3-1-4-13/h2,5-9,13,24,26H,1,3-4,10-11H2. The van der Waals surface area contributed by atoms with Crippen molar-refractivity contribution in [2.75, 3.05) is 10.2 Å². The normalized spacial score (nSPS) is 17.0. The number of carbonyl (C=O) groups is 1. The van der Waals surface area contributed by atoms with Crippen LogP contribution in [0.5, 0.6) is 0 Å². The third kappa shape index (κ3) is 3.27. The van der Waals surface area contributed by atoms with Gasteiger partial charge in [0.25, 0.3) is 5.91 Å². The van der Waals surface area contributed by atoms with Crippen LogP contribution in [-0.2, 0) is 19.3 Å². The van der Waals surface area contributed by atoms with Crippen LogP contribution in [0.25, 0.3) is 0 Å². The molecule has 0 saturated heterocycles. The molecule has 7 heteroatoms. The molecule has 2 aromatic carbocycles. The lowest BCUT2D eigenvalue weighted by Gasteiger charge is -2.28. The van der Waals surface area contributed by atoms with E-state index in [1.807, 2.05) is 6.07 Å². The first-order valence-electron chi connectivity index (χ1n) is 8.89. The second kappa shape index (κ2) is 6.56. The van der Waals surface area contributed by atoms with Crippen LogP contribution in [0.4, 0.5) is 24.5 Å². The van der Waals surface area contributed by atoms with Gasteiger partial charge in [0.2, 0.25) is 0 Å². The van der Waals surface area contributed by atoms with Crippen LogP contribution < -0.4 is 10.2 Å². The number of rotatable bonds is 4. The zero-order valence-electron chi connectivity index (χ0n) is 14.5. The first-order valence-corrected chi connectivity index (χ1v) is 8.89. The van der Waals surface area contributed by atoms with E-state index >= 15 is 0 Å². The summed E-state index contributed by atoms with van der Waals surface area (Å²) < 4.78 is 40.3. The summed E-state index contributed by atoms with van der Waals surface area (Å²) in [6, 6.07) is 9.87. The molecule has 1 saturated carbocycles. The van der Waals surface area contributed by atoms with Gasteiger partial charge in [0.05, 0.1) is 18.7 Å². The summed E-state index contributed by atoms with van der Waals surface area (Å²) in [5.74, 6) is -0.480. The van der Waals surface area contributed by atoms with E-state index in [1.54, 1.807) is 18.2 Å². The fourth-order valence-corrected chi connectivity index (χ4v) is 3.57. The molecule has 2 aromatic rings. The molecular weight excluding hydrogens is 357 g/mol. The first kappa shape index (κ1) is 17.9. The van der Waals surface area contributed by atoms with Crippen molar-refractivity contribution in [2.45, 2.75) is 44.6 Å². The summed E-state index contributed by atoms with van der Waals surface area (Å²) >= 11 is 0. The molecule has 0 radical (unpaired) electrons. The summed E-state index contributed by atoms with van der Waals surface area (Å²) in [6.07, 6.45) is -1.21. The fourth-order valence-electron chi connectivity index (χ4n) is 3.57. The molecule has 142 valence electrons. The van der Waals surface area contributed by atoms with Gasteiger partial charge >= 0.3 is 6.18 Å². The Balaban J connectivity index is 1.68. The molecule has 2 aliphatic rings. The Labute approximate surface area is 154 Å². The molecule has 0 atom stereocenters. The Morgan fingerprint density at radius 1 is 1.19 bits per heavy atom. The van der Waals surface area contributed by atoms with Crippen LogP contribution in [0.3, 0.4) is 0 Å². The summed E-state index contributed by atoms with van der Waals surface area (Å²) in [5, 5.41) is 12.7. The minimum atomic E-state index is -4.58. The van der Waals surface area contributed by atoms with E-state index in [2.05, 4.69) is 5.32 Å². The van der Waals surface area contributed by atoms with Crippen LogP contribution in [-0.4, -0.2) is 17.1 Å². The highest BCUT2D eigenvalue weighted by molar-refractivity contribution is 6.10. The minimum absolute atomic E-state index is 0.00577. The number of carbonyl (C=O) groups excluding carboxylic acids is 1. The Morgan fingerprint density at radius 3 is 2.59 bits per heavy atom. The second-order valence-electron chi connectivity index (χ2n) is 7.04. The van der Waals surface area contributed by atoms with E-state index in [0.717, 1.165) is 24.6 Å². The van der Waals surface area contributed by atoms with Gasteiger partial charge in [0.15, 0.2) is 0 Å². The third-order valence-corrected chi connectivity index (χ3v) is 5.22. The maximum absolute atomic E-state index is 13.4. The molecule has 1 aliphatic heterocycles. The average molecular weight is 376 g/mol. The highest BCUT2D eigenvalue weighted by Gasteiger charge is 2.40. The van der Waals surface area contributed by atoms with E-state index in [9.17, 15) is 23.1 Å². The van der Waals surface area contributed by atoms with Crippen LogP contribution in [0.15, 0.2) is 36.4 Å². The molecule has 0 unspecified atom stereocenters. The molecule has 0 spiro atoms. The number of benzene rings is 2. The SMILES string of the molecule is O=C1c2cc(CO)cc(C(F)(F)F)c2CN1c1cccc(NC2CCC2)c1. The highest BCUT2D eigenvalue weighted by Crippen LogP contribution is 2.40. The number of anilines is 2. The lowest BCUT2D eigenvalue weighted by Crippen LogP contribution is -2.27. The summed E-state index contributed by atoms with van der Waals surface area (Å²) in [7, 11) is 0. The van der Waals surface area contributed by atoms with Gasteiger partial charge < -0.3 is 15.3 Å². The zero-order valence-corrected chi connectivity index (χ0v) is 14.5.